The van der Waals surface area contributed by atoms with Gasteiger partial charge in [-0.15, -0.1) is 0 Å². The van der Waals surface area contributed by atoms with Gasteiger partial charge in [-0.3, -0.25) is 4.79 Å². The summed E-state index contributed by atoms with van der Waals surface area (Å²) >= 11 is 0. The quantitative estimate of drug-likeness (QED) is 0.512. The van der Waals surface area contributed by atoms with E-state index in [0.29, 0.717) is 5.92 Å². The number of hydrogen-bond donors (Lipinski definition) is 1. The van der Waals surface area contributed by atoms with Crippen molar-refractivity contribution in [1.82, 2.24) is 0 Å². The van der Waals surface area contributed by atoms with Crippen molar-refractivity contribution < 1.29 is 9.90 Å². The van der Waals surface area contributed by atoms with E-state index in [-0.39, 0.29) is 0 Å². The van der Waals surface area contributed by atoms with Crippen molar-refractivity contribution in [3.05, 3.63) is 0 Å². The molecule has 18 heavy (non-hydrogen) atoms. The molecule has 2 heteroatoms. The first kappa shape index (κ1) is 17.5. The molecule has 2 nitrogen and oxygen atoms in total. The van der Waals surface area contributed by atoms with Gasteiger partial charge in [0.15, 0.2) is 0 Å². The highest BCUT2D eigenvalue weighted by Crippen LogP contribution is 2.42. The summed E-state index contributed by atoms with van der Waals surface area (Å²) in [6.45, 7) is 8.53. The topological polar surface area (TPSA) is 37.3 Å². The molecule has 0 aliphatic carbocycles. The van der Waals surface area contributed by atoms with Gasteiger partial charge in [0, 0.05) is 0 Å². The van der Waals surface area contributed by atoms with Crippen molar-refractivity contribution in [3.8, 4) is 0 Å². The smallest absolute Gasteiger partial charge is 0.309 e. The Bertz CT molecular complexity index is 225. The van der Waals surface area contributed by atoms with E-state index < -0.39 is 11.4 Å². The number of rotatable bonds is 11. The highest BCUT2D eigenvalue weighted by Gasteiger charge is 2.42. The second-order valence-corrected chi connectivity index (χ2v) is 5.52. The number of aliphatic carboxylic acids is 1. The Morgan fingerprint density at radius 1 is 1.06 bits per heavy atom. The van der Waals surface area contributed by atoms with Crippen molar-refractivity contribution in [3.63, 3.8) is 0 Å². The first-order valence-corrected chi connectivity index (χ1v) is 7.82. The van der Waals surface area contributed by atoms with E-state index in [4.69, 9.17) is 0 Å². The van der Waals surface area contributed by atoms with E-state index in [1.54, 1.807) is 0 Å². The van der Waals surface area contributed by atoms with E-state index in [2.05, 4.69) is 20.8 Å². The Morgan fingerprint density at radius 2 is 1.67 bits per heavy atom. The lowest BCUT2D eigenvalue weighted by atomic mass is 9.67. The molecule has 0 saturated heterocycles. The molecule has 1 N–H and O–H groups in total. The molecule has 0 aliphatic rings. The summed E-state index contributed by atoms with van der Waals surface area (Å²) in [5.74, 6) is -0.222. The third-order valence-electron chi connectivity index (χ3n) is 4.46. The van der Waals surface area contributed by atoms with Crippen molar-refractivity contribution >= 4 is 5.97 Å². The van der Waals surface area contributed by atoms with Crippen molar-refractivity contribution in [2.24, 2.45) is 11.3 Å². The maximum atomic E-state index is 11.8. The van der Waals surface area contributed by atoms with E-state index in [1.807, 2.05) is 6.92 Å². The lowest BCUT2D eigenvalue weighted by Crippen LogP contribution is -2.38. The second kappa shape index (κ2) is 9.41. The molecule has 0 aromatic carbocycles. The Balaban J connectivity index is 4.80. The summed E-state index contributed by atoms with van der Waals surface area (Å²) < 4.78 is 0. The summed E-state index contributed by atoms with van der Waals surface area (Å²) in [6, 6.07) is 0. The monoisotopic (exact) mass is 256 g/mol. The van der Waals surface area contributed by atoms with Gasteiger partial charge in [0.1, 0.15) is 0 Å². The van der Waals surface area contributed by atoms with Gasteiger partial charge < -0.3 is 5.11 Å². The fourth-order valence-electron chi connectivity index (χ4n) is 3.11. The first-order chi connectivity index (χ1) is 8.58. The fourth-order valence-corrected chi connectivity index (χ4v) is 3.11. The third kappa shape index (κ3) is 4.62. The molecule has 2 atom stereocenters. The standard InChI is InChI=1S/C16H32O2/c1-5-9-11-12-14(7-3)16(8-4,15(17)18)13-10-6-2/h14H,5-13H2,1-4H3,(H,17,18). The number of carboxylic acid groups (broad SMARTS) is 1. The molecule has 0 amide bonds. The summed E-state index contributed by atoms with van der Waals surface area (Å²) in [6.07, 6.45) is 9.41. The van der Waals surface area contributed by atoms with Gasteiger partial charge in [0.2, 0.25) is 0 Å². The van der Waals surface area contributed by atoms with Crippen LogP contribution in [-0.2, 0) is 4.79 Å². The van der Waals surface area contributed by atoms with Crippen LogP contribution < -0.4 is 0 Å². The van der Waals surface area contributed by atoms with E-state index in [9.17, 15) is 9.90 Å². The van der Waals surface area contributed by atoms with Crippen LogP contribution in [0.5, 0.6) is 0 Å². The summed E-state index contributed by atoms with van der Waals surface area (Å²) in [5, 5.41) is 9.71. The van der Waals surface area contributed by atoms with Crippen LogP contribution in [-0.4, -0.2) is 11.1 Å². The minimum atomic E-state index is -0.568. The van der Waals surface area contributed by atoms with Gasteiger partial charge in [0.25, 0.3) is 0 Å². The Hall–Kier alpha value is -0.530. The number of unbranched alkanes of at least 4 members (excludes halogenated alkanes) is 3. The molecule has 0 rings (SSSR count). The van der Waals surface area contributed by atoms with Gasteiger partial charge in [-0.25, -0.2) is 0 Å². The number of carboxylic acids is 1. The normalized spacial score (nSPS) is 16.2. The largest absolute Gasteiger partial charge is 0.481 e. The minimum absolute atomic E-state index is 0.345. The molecule has 108 valence electrons. The van der Waals surface area contributed by atoms with Crippen molar-refractivity contribution in [2.75, 3.05) is 0 Å². The van der Waals surface area contributed by atoms with E-state index in [1.165, 1.54) is 19.3 Å². The van der Waals surface area contributed by atoms with Gasteiger partial charge in [0.05, 0.1) is 5.41 Å². The second-order valence-electron chi connectivity index (χ2n) is 5.52. The van der Waals surface area contributed by atoms with Gasteiger partial charge in [-0.1, -0.05) is 66.2 Å². The Morgan fingerprint density at radius 3 is 2.06 bits per heavy atom. The van der Waals surface area contributed by atoms with E-state index >= 15 is 0 Å². The number of hydrogen-bond acceptors (Lipinski definition) is 1. The van der Waals surface area contributed by atoms with Crippen LogP contribution in [0, 0.1) is 11.3 Å². The van der Waals surface area contributed by atoms with Crippen molar-refractivity contribution in [1.29, 1.82) is 0 Å². The third-order valence-corrected chi connectivity index (χ3v) is 4.46. The highest BCUT2D eigenvalue weighted by atomic mass is 16.4. The average Bonchev–Trinajstić information content (AvgIpc) is 2.37. The fraction of sp³-hybridized carbons (Fsp3) is 0.938. The summed E-state index contributed by atoms with van der Waals surface area (Å²) in [5.41, 5.74) is -0.474. The predicted octanol–water partition coefficient (Wildman–Crippen LogP) is 5.26. The lowest BCUT2D eigenvalue weighted by molar-refractivity contribution is -0.154. The molecule has 0 heterocycles. The maximum Gasteiger partial charge on any atom is 0.309 e. The van der Waals surface area contributed by atoms with Crippen LogP contribution in [0.3, 0.4) is 0 Å². The van der Waals surface area contributed by atoms with Crippen molar-refractivity contribution in [2.45, 2.75) is 85.5 Å². The molecule has 2 unspecified atom stereocenters. The van der Waals surface area contributed by atoms with Crippen LogP contribution in [0.4, 0.5) is 0 Å². The molecular weight excluding hydrogens is 224 g/mol. The Kier molecular flexibility index (Phi) is 9.13. The zero-order chi connectivity index (χ0) is 14.0. The SMILES string of the molecule is CCCCCC(CC)C(CC)(CCCC)C(=O)O. The van der Waals surface area contributed by atoms with Gasteiger partial charge >= 0.3 is 5.97 Å². The maximum absolute atomic E-state index is 11.8. The molecule has 0 saturated carbocycles. The molecule has 0 fully saturated rings. The highest BCUT2D eigenvalue weighted by molar-refractivity contribution is 5.75. The van der Waals surface area contributed by atoms with Crippen LogP contribution in [0.15, 0.2) is 0 Å². The molecule has 0 aromatic heterocycles. The zero-order valence-electron chi connectivity index (χ0n) is 12.8. The zero-order valence-corrected chi connectivity index (χ0v) is 12.8. The first-order valence-electron chi connectivity index (χ1n) is 7.82. The molecule has 0 aliphatic heterocycles. The Labute approximate surface area is 113 Å². The molecule has 0 bridgehead atoms. The predicted molar refractivity (Wildman–Crippen MR) is 77.8 cm³/mol. The molecular formula is C16H32O2. The molecule has 0 aromatic rings. The molecule has 0 radical (unpaired) electrons. The van der Waals surface area contributed by atoms with Crippen LogP contribution in [0.25, 0.3) is 0 Å². The summed E-state index contributed by atoms with van der Waals surface area (Å²) in [7, 11) is 0. The van der Waals surface area contributed by atoms with E-state index in [0.717, 1.165) is 38.5 Å². The summed E-state index contributed by atoms with van der Waals surface area (Å²) in [4.78, 5) is 11.8. The average molecular weight is 256 g/mol. The van der Waals surface area contributed by atoms with Gasteiger partial charge in [-0.2, -0.15) is 0 Å². The van der Waals surface area contributed by atoms with Crippen LogP contribution in [0.1, 0.15) is 85.5 Å². The minimum Gasteiger partial charge on any atom is -0.481 e. The molecule has 0 spiro atoms. The number of carbonyl (C=O) groups is 1. The lowest BCUT2D eigenvalue weighted by Gasteiger charge is -2.36. The van der Waals surface area contributed by atoms with Crippen LogP contribution in [0.2, 0.25) is 0 Å². The van der Waals surface area contributed by atoms with Gasteiger partial charge in [-0.05, 0) is 25.2 Å². The van der Waals surface area contributed by atoms with Crippen LogP contribution >= 0.6 is 0 Å².